The number of hydrogen-bond acceptors (Lipinski definition) is 3. The average Bonchev–Trinajstić information content (AvgIpc) is 2.58. The lowest BCUT2D eigenvalue weighted by Gasteiger charge is -2.09. The van der Waals surface area contributed by atoms with Crippen LogP contribution < -0.4 is 5.73 Å². The van der Waals surface area contributed by atoms with Crippen molar-refractivity contribution in [2.75, 3.05) is 6.61 Å². The highest BCUT2D eigenvalue weighted by molar-refractivity contribution is 5.76. The number of aromatic nitrogens is 2. The molecule has 3 N–H and O–H groups in total. The van der Waals surface area contributed by atoms with Crippen molar-refractivity contribution < 1.29 is 5.11 Å². The fourth-order valence-corrected chi connectivity index (χ4v) is 1.78. The minimum atomic E-state index is -0.121. The lowest BCUT2D eigenvalue weighted by molar-refractivity contribution is 0.275. The van der Waals surface area contributed by atoms with E-state index >= 15 is 0 Å². The maximum Gasteiger partial charge on any atom is 0.126 e. The van der Waals surface area contributed by atoms with Crippen LogP contribution in [0.1, 0.15) is 18.8 Å². The number of aliphatic hydroxyl groups excluding tert-OH is 1. The molecule has 0 radical (unpaired) electrons. The van der Waals surface area contributed by atoms with Gasteiger partial charge in [0.1, 0.15) is 5.82 Å². The quantitative estimate of drug-likeness (QED) is 0.787. The smallest absolute Gasteiger partial charge is 0.126 e. The summed E-state index contributed by atoms with van der Waals surface area (Å²) in [7, 11) is 0. The van der Waals surface area contributed by atoms with Crippen molar-refractivity contribution in [2.45, 2.75) is 19.5 Å². The van der Waals surface area contributed by atoms with Crippen molar-refractivity contribution >= 4 is 11.0 Å². The molecule has 2 aromatic rings. The molecule has 0 saturated heterocycles. The number of aliphatic hydroxyl groups is 1. The van der Waals surface area contributed by atoms with Crippen LogP contribution in [0.5, 0.6) is 0 Å². The third-order valence-corrected chi connectivity index (χ3v) is 2.41. The first-order valence-corrected chi connectivity index (χ1v) is 5.05. The topological polar surface area (TPSA) is 64.1 Å². The van der Waals surface area contributed by atoms with Gasteiger partial charge in [-0.25, -0.2) is 4.98 Å². The van der Waals surface area contributed by atoms with Gasteiger partial charge in [0.15, 0.2) is 0 Å². The van der Waals surface area contributed by atoms with E-state index in [1.165, 1.54) is 0 Å². The molecular weight excluding hydrogens is 190 g/mol. The number of para-hydroxylation sites is 2. The molecule has 0 aliphatic heterocycles. The molecule has 1 heterocycles. The zero-order chi connectivity index (χ0) is 10.8. The molecule has 1 aromatic carbocycles. The Morgan fingerprint density at radius 3 is 2.87 bits per heavy atom. The van der Waals surface area contributed by atoms with Crippen LogP contribution in [-0.2, 0) is 6.54 Å². The van der Waals surface area contributed by atoms with E-state index in [9.17, 15) is 0 Å². The van der Waals surface area contributed by atoms with Crippen LogP contribution in [0.4, 0.5) is 0 Å². The summed E-state index contributed by atoms with van der Waals surface area (Å²) >= 11 is 0. The Bertz CT molecular complexity index is 462. The van der Waals surface area contributed by atoms with Gasteiger partial charge in [-0.05, 0) is 19.1 Å². The van der Waals surface area contributed by atoms with Crippen molar-refractivity contribution in [2.24, 2.45) is 5.73 Å². The van der Waals surface area contributed by atoms with E-state index in [4.69, 9.17) is 10.8 Å². The Morgan fingerprint density at radius 2 is 2.20 bits per heavy atom. The molecule has 0 bridgehead atoms. The molecule has 0 spiro atoms. The lowest BCUT2D eigenvalue weighted by atomic mass is 10.3. The van der Waals surface area contributed by atoms with Gasteiger partial charge in [-0.2, -0.15) is 0 Å². The normalized spacial score (nSPS) is 13.3. The van der Waals surface area contributed by atoms with E-state index < -0.39 is 0 Å². The monoisotopic (exact) mass is 205 g/mol. The first-order valence-electron chi connectivity index (χ1n) is 5.05. The van der Waals surface area contributed by atoms with Crippen molar-refractivity contribution in [3.63, 3.8) is 0 Å². The van der Waals surface area contributed by atoms with E-state index in [0.29, 0.717) is 6.54 Å². The molecule has 1 atom stereocenters. The molecule has 4 nitrogen and oxygen atoms in total. The van der Waals surface area contributed by atoms with Gasteiger partial charge in [0.2, 0.25) is 0 Å². The van der Waals surface area contributed by atoms with E-state index in [-0.39, 0.29) is 12.6 Å². The van der Waals surface area contributed by atoms with E-state index in [1.54, 1.807) is 0 Å². The highest BCUT2D eigenvalue weighted by Gasteiger charge is 2.12. The summed E-state index contributed by atoms with van der Waals surface area (Å²) in [6.07, 6.45) is 0. The summed E-state index contributed by atoms with van der Waals surface area (Å²) in [5.41, 5.74) is 7.80. The Balaban J connectivity index is 2.63. The van der Waals surface area contributed by atoms with Crippen LogP contribution in [0.3, 0.4) is 0 Å². The number of nitrogens with zero attached hydrogens (tertiary/aromatic N) is 2. The molecule has 0 fully saturated rings. The molecule has 15 heavy (non-hydrogen) atoms. The summed E-state index contributed by atoms with van der Waals surface area (Å²) in [5.74, 6) is 0.824. The fraction of sp³-hybridized carbons (Fsp3) is 0.364. The maximum absolute atomic E-state index is 9.01. The van der Waals surface area contributed by atoms with Gasteiger partial charge in [0, 0.05) is 6.54 Å². The van der Waals surface area contributed by atoms with Gasteiger partial charge < -0.3 is 15.4 Å². The number of hydrogen-bond donors (Lipinski definition) is 2. The van der Waals surface area contributed by atoms with Crippen molar-refractivity contribution in [3.05, 3.63) is 30.1 Å². The molecule has 0 amide bonds. The number of nitrogens with two attached hydrogens (primary N) is 1. The Hall–Kier alpha value is -1.39. The van der Waals surface area contributed by atoms with E-state index in [2.05, 4.69) is 4.98 Å². The number of benzene rings is 1. The second kappa shape index (κ2) is 4.00. The predicted octanol–water partition coefficient (Wildman–Crippen LogP) is 1.05. The van der Waals surface area contributed by atoms with Crippen LogP contribution in [-0.4, -0.2) is 21.3 Å². The summed E-state index contributed by atoms with van der Waals surface area (Å²) < 4.78 is 1.97. The highest BCUT2D eigenvalue weighted by Crippen LogP contribution is 2.19. The van der Waals surface area contributed by atoms with Crippen molar-refractivity contribution in [3.8, 4) is 0 Å². The SMILES string of the molecule is CC(N)c1nc2ccccc2n1CCO. The largest absolute Gasteiger partial charge is 0.395 e. The molecule has 1 aromatic heterocycles. The van der Waals surface area contributed by atoms with Crippen LogP contribution in [0.15, 0.2) is 24.3 Å². The van der Waals surface area contributed by atoms with Gasteiger partial charge >= 0.3 is 0 Å². The summed E-state index contributed by atoms with van der Waals surface area (Å²) in [6.45, 7) is 2.53. The first-order chi connectivity index (χ1) is 7.24. The predicted molar refractivity (Wildman–Crippen MR) is 59.4 cm³/mol. The Kier molecular flexibility index (Phi) is 2.70. The zero-order valence-electron chi connectivity index (χ0n) is 8.72. The Labute approximate surface area is 88.3 Å². The lowest BCUT2D eigenvalue weighted by Crippen LogP contribution is -2.14. The zero-order valence-corrected chi connectivity index (χ0v) is 8.72. The van der Waals surface area contributed by atoms with Crippen LogP contribution >= 0.6 is 0 Å². The number of fused-ring (bicyclic) bond motifs is 1. The van der Waals surface area contributed by atoms with Gasteiger partial charge in [-0.1, -0.05) is 12.1 Å². The fourth-order valence-electron chi connectivity index (χ4n) is 1.78. The van der Waals surface area contributed by atoms with E-state index in [1.807, 2.05) is 35.8 Å². The van der Waals surface area contributed by atoms with Gasteiger partial charge in [-0.15, -0.1) is 0 Å². The summed E-state index contributed by atoms with van der Waals surface area (Å²) in [6, 6.07) is 7.73. The minimum absolute atomic E-state index is 0.0973. The second-order valence-electron chi connectivity index (χ2n) is 3.62. The molecule has 4 heteroatoms. The van der Waals surface area contributed by atoms with Crippen molar-refractivity contribution in [1.82, 2.24) is 9.55 Å². The van der Waals surface area contributed by atoms with Crippen LogP contribution in [0, 0.1) is 0 Å². The molecule has 0 saturated carbocycles. The molecule has 2 rings (SSSR count). The number of rotatable bonds is 3. The van der Waals surface area contributed by atoms with Crippen molar-refractivity contribution in [1.29, 1.82) is 0 Å². The molecule has 0 aliphatic rings. The first kappa shape index (κ1) is 10.1. The molecular formula is C11H15N3O. The standard InChI is InChI=1S/C11H15N3O/c1-8(12)11-13-9-4-2-3-5-10(9)14(11)6-7-15/h2-5,8,15H,6-7,12H2,1H3. The summed E-state index contributed by atoms with van der Waals surface area (Å²) in [4.78, 5) is 4.46. The minimum Gasteiger partial charge on any atom is -0.395 e. The molecule has 0 aliphatic carbocycles. The molecule has 80 valence electrons. The second-order valence-corrected chi connectivity index (χ2v) is 3.62. The summed E-state index contributed by atoms with van der Waals surface area (Å²) in [5, 5.41) is 9.01. The van der Waals surface area contributed by atoms with Crippen LogP contribution in [0.25, 0.3) is 11.0 Å². The third kappa shape index (κ3) is 1.73. The van der Waals surface area contributed by atoms with Crippen LogP contribution in [0.2, 0.25) is 0 Å². The van der Waals surface area contributed by atoms with Gasteiger partial charge in [0.05, 0.1) is 23.7 Å². The van der Waals surface area contributed by atoms with E-state index in [0.717, 1.165) is 16.9 Å². The number of imidazole rings is 1. The highest BCUT2D eigenvalue weighted by atomic mass is 16.3. The average molecular weight is 205 g/mol. The maximum atomic E-state index is 9.01. The van der Waals surface area contributed by atoms with Gasteiger partial charge in [0.25, 0.3) is 0 Å². The Morgan fingerprint density at radius 1 is 1.47 bits per heavy atom. The third-order valence-electron chi connectivity index (χ3n) is 2.41. The van der Waals surface area contributed by atoms with Gasteiger partial charge in [-0.3, -0.25) is 0 Å². The molecule has 1 unspecified atom stereocenters.